The summed E-state index contributed by atoms with van der Waals surface area (Å²) in [5.74, 6) is -0.956. The Bertz CT molecular complexity index is 415. The van der Waals surface area contributed by atoms with Crippen molar-refractivity contribution in [3.05, 3.63) is 29.6 Å². The highest BCUT2D eigenvalue weighted by Crippen LogP contribution is 2.04. The lowest BCUT2D eigenvalue weighted by Gasteiger charge is -2.19. The van der Waals surface area contributed by atoms with Crippen LogP contribution in [0.15, 0.2) is 18.3 Å². The van der Waals surface area contributed by atoms with Gasteiger partial charge in [-0.15, -0.1) is 0 Å². The van der Waals surface area contributed by atoms with Crippen LogP contribution in [-0.2, 0) is 16.0 Å². The Morgan fingerprint density at radius 3 is 2.61 bits per heavy atom. The van der Waals surface area contributed by atoms with E-state index in [-0.39, 0.29) is 25.3 Å². The van der Waals surface area contributed by atoms with Gasteiger partial charge in [0, 0.05) is 25.0 Å². The number of amides is 1. The molecule has 18 heavy (non-hydrogen) atoms. The van der Waals surface area contributed by atoms with E-state index >= 15 is 0 Å². The maximum Gasteiger partial charge on any atom is 0.305 e. The zero-order valence-corrected chi connectivity index (χ0v) is 10.7. The first kappa shape index (κ1) is 14.2. The van der Waals surface area contributed by atoms with Crippen molar-refractivity contribution in [1.29, 1.82) is 0 Å². The van der Waals surface area contributed by atoms with Crippen LogP contribution in [0.2, 0.25) is 0 Å². The molecule has 0 saturated carbocycles. The molecular weight excluding hydrogens is 232 g/mol. The summed E-state index contributed by atoms with van der Waals surface area (Å²) in [5.41, 5.74) is 1.75. The fourth-order valence-corrected chi connectivity index (χ4v) is 1.58. The second-order valence-corrected chi connectivity index (χ2v) is 4.10. The molecule has 98 valence electrons. The largest absolute Gasteiger partial charge is 0.481 e. The number of rotatable bonds is 6. The van der Waals surface area contributed by atoms with Crippen LogP contribution in [0.5, 0.6) is 0 Å². The molecule has 0 fully saturated rings. The van der Waals surface area contributed by atoms with Gasteiger partial charge in [-0.05, 0) is 25.5 Å². The molecule has 0 saturated heterocycles. The predicted molar refractivity (Wildman–Crippen MR) is 67.2 cm³/mol. The number of pyridine rings is 1. The van der Waals surface area contributed by atoms with Crippen LogP contribution in [0.4, 0.5) is 0 Å². The van der Waals surface area contributed by atoms with Gasteiger partial charge in [-0.25, -0.2) is 0 Å². The Kier molecular flexibility index (Phi) is 5.30. The normalized spacial score (nSPS) is 10.1. The van der Waals surface area contributed by atoms with E-state index in [9.17, 15) is 9.59 Å². The molecule has 0 spiro atoms. The maximum absolute atomic E-state index is 11.9. The van der Waals surface area contributed by atoms with Gasteiger partial charge in [0.05, 0.1) is 12.8 Å². The van der Waals surface area contributed by atoms with E-state index in [1.165, 1.54) is 0 Å². The molecule has 1 N–H and O–H groups in total. The standard InChI is InChI=1S/C13H18N2O3/c1-3-15(7-6-13(17)18)12(16)8-11-5-4-10(2)14-9-11/h4-5,9H,3,6-8H2,1-2H3,(H,17,18). The summed E-state index contributed by atoms with van der Waals surface area (Å²) in [5, 5.41) is 8.61. The van der Waals surface area contributed by atoms with Gasteiger partial charge in [0.2, 0.25) is 5.91 Å². The zero-order chi connectivity index (χ0) is 13.5. The van der Waals surface area contributed by atoms with E-state index in [2.05, 4.69) is 4.98 Å². The number of carboxylic acid groups (broad SMARTS) is 1. The first-order valence-electron chi connectivity index (χ1n) is 5.94. The van der Waals surface area contributed by atoms with E-state index in [0.717, 1.165) is 11.3 Å². The Labute approximate surface area is 106 Å². The van der Waals surface area contributed by atoms with E-state index in [4.69, 9.17) is 5.11 Å². The predicted octanol–water partition coefficient (Wildman–Crippen LogP) is 1.26. The van der Waals surface area contributed by atoms with E-state index in [1.54, 1.807) is 11.1 Å². The molecule has 0 aromatic carbocycles. The summed E-state index contributed by atoms with van der Waals surface area (Å²) < 4.78 is 0. The first-order valence-corrected chi connectivity index (χ1v) is 5.94. The average molecular weight is 250 g/mol. The Balaban J connectivity index is 2.56. The van der Waals surface area contributed by atoms with Crippen molar-refractivity contribution in [2.24, 2.45) is 0 Å². The van der Waals surface area contributed by atoms with Crippen LogP contribution in [0, 0.1) is 6.92 Å². The minimum atomic E-state index is -0.891. The third-order valence-electron chi connectivity index (χ3n) is 2.66. The Morgan fingerprint density at radius 2 is 2.11 bits per heavy atom. The fraction of sp³-hybridized carbons (Fsp3) is 0.462. The molecule has 0 bridgehead atoms. The van der Waals surface area contributed by atoms with Crippen LogP contribution in [0.3, 0.4) is 0 Å². The molecule has 0 radical (unpaired) electrons. The van der Waals surface area contributed by atoms with Crippen LogP contribution >= 0.6 is 0 Å². The molecule has 1 rings (SSSR count). The fourth-order valence-electron chi connectivity index (χ4n) is 1.58. The molecule has 0 aliphatic rings. The van der Waals surface area contributed by atoms with E-state index < -0.39 is 5.97 Å². The molecule has 0 aliphatic heterocycles. The van der Waals surface area contributed by atoms with Crippen molar-refractivity contribution in [2.75, 3.05) is 13.1 Å². The first-order chi connectivity index (χ1) is 8.52. The molecule has 5 heteroatoms. The van der Waals surface area contributed by atoms with Crippen molar-refractivity contribution in [2.45, 2.75) is 26.7 Å². The van der Waals surface area contributed by atoms with Gasteiger partial charge in [0.25, 0.3) is 0 Å². The van der Waals surface area contributed by atoms with Gasteiger partial charge in [0.1, 0.15) is 0 Å². The summed E-state index contributed by atoms with van der Waals surface area (Å²) >= 11 is 0. The molecule has 1 amide bonds. The minimum absolute atomic E-state index is 0.0221. The van der Waals surface area contributed by atoms with E-state index in [0.29, 0.717) is 6.54 Å². The monoisotopic (exact) mass is 250 g/mol. The number of hydrogen-bond donors (Lipinski definition) is 1. The van der Waals surface area contributed by atoms with Crippen molar-refractivity contribution in [3.63, 3.8) is 0 Å². The number of nitrogens with zero attached hydrogens (tertiary/aromatic N) is 2. The second kappa shape index (κ2) is 6.74. The van der Waals surface area contributed by atoms with Crippen LogP contribution in [0.25, 0.3) is 0 Å². The lowest BCUT2D eigenvalue weighted by atomic mass is 10.2. The topological polar surface area (TPSA) is 70.5 Å². The smallest absolute Gasteiger partial charge is 0.305 e. The number of carbonyl (C=O) groups excluding carboxylic acids is 1. The van der Waals surface area contributed by atoms with Gasteiger partial charge < -0.3 is 10.0 Å². The third-order valence-corrected chi connectivity index (χ3v) is 2.66. The summed E-state index contributed by atoms with van der Waals surface area (Å²) in [6.45, 7) is 4.50. The lowest BCUT2D eigenvalue weighted by Crippen LogP contribution is -2.34. The highest BCUT2D eigenvalue weighted by molar-refractivity contribution is 5.79. The quantitative estimate of drug-likeness (QED) is 0.825. The summed E-state index contributed by atoms with van der Waals surface area (Å²) in [6.07, 6.45) is 1.92. The SMILES string of the molecule is CCN(CCC(=O)O)C(=O)Cc1ccc(C)nc1. The number of aromatic nitrogens is 1. The second-order valence-electron chi connectivity index (χ2n) is 4.10. The number of aryl methyl sites for hydroxylation is 1. The van der Waals surface area contributed by atoms with Gasteiger partial charge in [-0.1, -0.05) is 6.07 Å². The van der Waals surface area contributed by atoms with Gasteiger partial charge in [-0.2, -0.15) is 0 Å². The summed E-state index contributed by atoms with van der Waals surface area (Å²) in [6, 6.07) is 3.72. The number of carbonyl (C=O) groups is 2. The van der Waals surface area contributed by atoms with Gasteiger partial charge in [0.15, 0.2) is 0 Å². The molecule has 1 heterocycles. The van der Waals surface area contributed by atoms with Crippen molar-refractivity contribution in [1.82, 2.24) is 9.88 Å². The number of carboxylic acids is 1. The van der Waals surface area contributed by atoms with E-state index in [1.807, 2.05) is 26.0 Å². The average Bonchev–Trinajstić information content (AvgIpc) is 2.32. The molecule has 1 aromatic rings. The van der Waals surface area contributed by atoms with Crippen LogP contribution in [-0.4, -0.2) is 40.0 Å². The maximum atomic E-state index is 11.9. The summed E-state index contributed by atoms with van der Waals surface area (Å²) in [7, 11) is 0. The molecular formula is C13H18N2O3. The van der Waals surface area contributed by atoms with Crippen molar-refractivity contribution in [3.8, 4) is 0 Å². The molecule has 5 nitrogen and oxygen atoms in total. The minimum Gasteiger partial charge on any atom is -0.481 e. The molecule has 0 unspecified atom stereocenters. The van der Waals surface area contributed by atoms with Gasteiger partial charge >= 0.3 is 5.97 Å². The van der Waals surface area contributed by atoms with Crippen molar-refractivity contribution >= 4 is 11.9 Å². The lowest BCUT2D eigenvalue weighted by molar-refractivity contribution is -0.138. The molecule has 0 atom stereocenters. The highest BCUT2D eigenvalue weighted by atomic mass is 16.4. The Morgan fingerprint density at radius 1 is 1.39 bits per heavy atom. The number of aliphatic carboxylic acids is 1. The third kappa shape index (κ3) is 4.53. The van der Waals surface area contributed by atoms with Crippen LogP contribution in [0.1, 0.15) is 24.6 Å². The summed E-state index contributed by atoms with van der Waals surface area (Å²) in [4.78, 5) is 28.1. The van der Waals surface area contributed by atoms with Crippen LogP contribution < -0.4 is 0 Å². The van der Waals surface area contributed by atoms with Crippen molar-refractivity contribution < 1.29 is 14.7 Å². The zero-order valence-electron chi connectivity index (χ0n) is 10.7. The number of hydrogen-bond acceptors (Lipinski definition) is 3. The Hall–Kier alpha value is -1.91. The molecule has 1 aromatic heterocycles. The van der Waals surface area contributed by atoms with Gasteiger partial charge in [-0.3, -0.25) is 14.6 Å². The number of likely N-dealkylation sites (N-methyl/N-ethyl adjacent to an activating group) is 1. The highest BCUT2D eigenvalue weighted by Gasteiger charge is 2.13. The molecule has 0 aliphatic carbocycles.